The van der Waals surface area contributed by atoms with Crippen LogP contribution in [0.4, 0.5) is 0 Å². The molecule has 454 valence electrons. The van der Waals surface area contributed by atoms with Gasteiger partial charge in [-0.25, -0.2) is 0 Å². The first-order valence-electron chi connectivity index (χ1n) is 32.3. The predicted octanol–water partition coefficient (Wildman–Crippen LogP) is 18.7. The van der Waals surface area contributed by atoms with Crippen molar-refractivity contribution in [1.82, 2.24) is 0 Å². The second-order valence-electron chi connectivity index (χ2n) is 29.7. The van der Waals surface area contributed by atoms with Gasteiger partial charge < -0.3 is 23.7 Å². The zero-order valence-corrected chi connectivity index (χ0v) is 54.2. The Labute approximate surface area is 479 Å². The van der Waals surface area contributed by atoms with Crippen LogP contribution in [0.3, 0.4) is 0 Å². The number of ether oxygens (including phenoxy) is 5. The van der Waals surface area contributed by atoms with Gasteiger partial charge in [0.15, 0.2) is 0 Å². The van der Waals surface area contributed by atoms with E-state index in [0.29, 0.717) is 0 Å². The number of hydrogen-bond acceptors (Lipinski definition) is 10. The minimum Gasteiger partial charge on any atom is -0.459 e. The van der Waals surface area contributed by atoms with E-state index in [2.05, 4.69) is 34.6 Å². The lowest BCUT2D eigenvalue weighted by molar-refractivity contribution is -0.196. The third-order valence-corrected chi connectivity index (χ3v) is 20.9. The number of esters is 5. The van der Waals surface area contributed by atoms with Crippen molar-refractivity contribution in [2.45, 2.75) is 359 Å². The van der Waals surface area contributed by atoms with E-state index in [1.807, 2.05) is 96.9 Å². The predicted molar refractivity (Wildman–Crippen MR) is 318 cm³/mol. The van der Waals surface area contributed by atoms with Gasteiger partial charge in [0.1, 0.15) is 28.0 Å². The summed E-state index contributed by atoms with van der Waals surface area (Å²) >= 11 is 0. The lowest BCUT2D eigenvalue weighted by atomic mass is 9.54. The quantitative estimate of drug-likeness (QED) is 0.102. The van der Waals surface area contributed by atoms with Gasteiger partial charge >= 0.3 is 29.8 Å². The van der Waals surface area contributed by atoms with Crippen molar-refractivity contribution in [2.75, 3.05) is 0 Å². The third-order valence-electron chi connectivity index (χ3n) is 20.9. The Hall–Kier alpha value is -2.65. The molecule has 0 amide bonds. The van der Waals surface area contributed by atoms with Crippen molar-refractivity contribution in [3.63, 3.8) is 0 Å². The molecule has 0 aromatic heterocycles. The zero-order chi connectivity index (χ0) is 59.1. The molecule has 8 fully saturated rings. The molecule has 0 radical (unpaired) electrons. The van der Waals surface area contributed by atoms with Crippen molar-refractivity contribution in [2.24, 2.45) is 44.8 Å². The highest BCUT2D eigenvalue weighted by Gasteiger charge is 2.54. The van der Waals surface area contributed by atoms with Gasteiger partial charge in [0, 0.05) is 0 Å². The number of hydrogen-bond donors (Lipinski definition) is 0. The summed E-state index contributed by atoms with van der Waals surface area (Å²) in [6, 6.07) is 0. The molecule has 0 atom stereocenters. The van der Waals surface area contributed by atoms with Crippen molar-refractivity contribution in [1.29, 1.82) is 0 Å². The molecule has 8 aliphatic carbocycles. The second kappa shape index (κ2) is 29.0. The fourth-order valence-electron chi connectivity index (χ4n) is 12.5. The summed E-state index contributed by atoms with van der Waals surface area (Å²) in [5, 5.41) is 0. The van der Waals surface area contributed by atoms with Crippen LogP contribution in [-0.4, -0.2) is 57.9 Å². The van der Waals surface area contributed by atoms with Gasteiger partial charge in [-0.05, 0) is 287 Å². The van der Waals surface area contributed by atoms with E-state index < -0.39 is 0 Å². The monoisotopic (exact) mass is 1100 g/mol. The Bertz CT molecular complexity index is 1840. The summed E-state index contributed by atoms with van der Waals surface area (Å²) in [6.07, 6.45) is 34.2. The molecular formula is C68H122O10. The minimum atomic E-state index is -0.334. The maximum atomic E-state index is 12.4. The van der Waals surface area contributed by atoms with Crippen LogP contribution < -0.4 is 0 Å². The SMILES string of the molecule is CCC(C)(C)C(=O)OC1(C)CCCC1.CCC(C)(C)C(=O)OC1(C)CCCCC1.CCC(C)(C)C(=O)OC12CC3CC(CC(C3)C1)C2.CCC1(OC(=O)C(C)(C)CC)CCCC1.CCC1(OC(=O)C(C)(C)CC)CCCCC1. The molecule has 4 bridgehead atoms. The average molecular weight is 1100 g/mol. The summed E-state index contributed by atoms with van der Waals surface area (Å²) in [7, 11) is 0. The van der Waals surface area contributed by atoms with Crippen LogP contribution in [0.15, 0.2) is 0 Å². The summed E-state index contributed by atoms with van der Waals surface area (Å²) in [5.41, 5.74) is -2.37. The molecular weight excluding hydrogens is 977 g/mol. The standard InChI is InChI=1S/C16H26O2.C14H26O2.2C13H24O2.C12H22O2/c1-4-15(2,3)14(17)18-16-8-11-5-12(9-16)7-13(6-11)10-16;1-5-13(3,4)12(15)16-14(6-2)10-8-7-9-11-14;1-5-12(2,3)11(14)15-13(4)9-7-6-8-10-13;1-5-12(3,4)11(14)15-13(6-2)9-7-8-10-13;1-5-11(2,3)10(13)14-12(4)8-6-7-9-12/h11-13H,4-10H2,1-3H3;5-11H2,1-4H3;2*5-10H2,1-4H3;5-9H2,1-4H3. The van der Waals surface area contributed by atoms with Gasteiger partial charge in [0.2, 0.25) is 0 Å². The molecule has 0 N–H and O–H groups in total. The molecule has 78 heavy (non-hydrogen) atoms. The zero-order valence-electron chi connectivity index (χ0n) is 54.2. The molecule has 8 rings (SSSR count). The van der Waals surface area contributed by atoms with Gasteiger partial charge in [-0.2, -0.15) is 0 Å². The van der Waals surface area contributed by atoms with E-state index >= 15 is 0 Å². The fraction of sp³-hybridized carbons (Fsp3) is 0.926. The molecule has 0 aromatic rings. The molecule has 10 heteroatoms. The lowest BCUT2D eigenvalue weighted by Gasteiger charge is -2.56. The van der Waals surface area contributed by atoms with E-state index in [9.17, 15) is 24.0 Å². The smallest absolute Gasteiger partial charge is 0.312 e. The Morgan fingerprint density at radius 2 is 0.551 bits per heavy atom. The maximum Gasteiger partial charge on any atom is 0.312 e. The highest BCUT2D eigenvalue weighted by atomic mass is 16.6. The molecule has 0 aromatic carbocycles. The van der Waals surface area contributed by atoms with Crippen LogP contribution in [0, 0.1) is 44.8 Å². The van der Waals surface area contributed by atoms with Gasteiger partial charge in [-0.15, -0.1) is 0 Å². The van der Waals surface area contributed by atoms with Crippen molar-refractivity contribution in [3.05, 3.63) is 0 Å². The number of carbonyl (C=O) groups excluding carboxylic acids is 5. The van der Waals surface area contributed by atoms with E-state index in [1.54, 1.807) is 0 Å². The fourth-order valence-corrected chi connectivity index (χ4v) is 12.5. The molecule has 8 saturated carbocycles. The Balaban J connectivity index is 0.000000257. The number of carbonyl (C=O) groups is 5. The molecule has 0 heterocycles. The van der Waals surface area contributed by atoms with Crippen LogP contribution in [0.2, 0.25) is 0 Å². The van der Waals surface area contributed by atoms with E-state index in [0.717, 1.165) is 133 Å². The largest absolute Gasteiger partial charge is 0.459 e. The van der Waals surface area contributed by atoms with E-state index in [-0.39, 0.29) is 84.9 Å². The normalized spacial score (nSPS) is 25.6. The summed E-state index contributed by atoms with van der Waals surface area (Å²) in [5.74, 6) is 2.45. The molecule has 0 spiro atoms. The highest BCUT2D eigenvalue weighted by molar-refractivity contribution is 5.78. The van der Waals surface area contributed by atoms with Crippen LogP contribution in [0.25, 0.3) is 0 Å². The van der Waals surface area contributed by atoms with Crippen LogP contribution in [0.5, 0.6) is 0 Å². The Kier molecular flexibility index (Phi) is 25.9. The Morgan fingerprint density at radius 1 is 0.333 bits per heavy atom. The van der Waals surface area contributed by atoms with Crippen LogP contribution in [0.1, 0.15) is 331 Å². The van der Waals surface area contributed by atoms with E-state index in [4.69, 9.17) is 23.7 Å². The molecule has 8 aliphatic rings. The Morgan fingerprint density at radius 3 is 0.808 bits per heavy atom. The van der Waals surface area contributed by atoms with Gasteiger partial charge in [-0.1, -0.05) is 61.3 Å². The third kappa shape index (κ3) is 20.1. The van der Waals surface area contributed by atoms with Gasteiger partial charge in [0.25, 0.3) is 0 Å². The van der Waals surface area contributed by atoms with Crippen LogP contribution >= 0.6 is 0 Å². The second-order valence-corrected chi connectivity index (χ2v) is 29.7. The van der Waals surface area contributed by atoms with Gasteiger partial charge in [0.05, 0.1) is 27.1 Å². The average Bonchev–Trinajstić information content (AvgIpc) is 4.05. The summed E-state index contributed by atoms with van der Waals surface area (Å²) in [6.45, 7) is 38.3. The van der Waals surface area contributed by atoms with E-state index in [1.165, 1.54) is 83.5 Å². The molecule has 0 unspecified atom stereocenters. The van der Waals surface area contributed by atoms with Crippen LogP contribution in [-0.2, 0) is 47.7 Å². The van der Waals surface area contributed by atoms with Crippen molar-refractivity contribution < 1.29 is 47.7 Å². The molecule has 0 aliphatic heterocycles. The number of rotatable bonds is 17. The lowest BCUT2D eigenvalue weighted by Crippen LogP contribution is -2.53. The van der Waals surface area contributed by atoms with Crippen molar-refractivity contribution in [3.8, 4) is 0 Å². The molecule has 10 nitrogen and oxygen atoms in total. The summed E-state index contributed by atoms with van der Waals surface area (Å²) < 4.78 is 29.0. The molecule has 0 saturated heterocycles. The topological polar surface area (TPSA) is 132 Å². The highest BCUT2D eigenvalue weighted by Crippen LogP contribution is 2.57. The van der Waals surface area contributed by atoms with Crippen molar-refractivity contribution >= 4 is 29.8 Å². The minimum absolute atomic E-state index is 0.0150. The first-order chi connectivity index (χ1) is 36.1. The first kappa shape index (κ1) is 69.6. The maximum absolute atomic E-state index is 12.4. The first-order valence-corrected chi connectivity index (χ1v) is 32.3. The summed E-state index contributed by atoms with van der Waals surface area (Å²) in [4.78, 5) is 60.2. The van der Waals surface area contributed by atoms with Gasteiger partial charge in [-0.3, -0.25) is 24.0 Å².